The predicted molar refractivity (Wildman–Crippen MR) is 49.7 cm³/mol. The Hall–Kier alpha value is -1.10. The van der Waals surface area contributed by atoms with Crippen molar-refractivity contribution in [2.24, 2.45) is 0 Å². The number of carbonyl (C=O) groups excluding carboxylic acids is 1. The first kappa shape index (κ1) is 9.98. The average Bonchev–Trinajstić information content (AvgIpc) is 2.30. The second kappa shape index (κ2) is 3.74. The minimum absolute atomic E-state index is 0.0315. The van der Waals surface area contributed by atoms with Gasteiger partial charge in [0.15, 0.2) is 9.84 Å². The van der Waals surface area contributed by atoms with E-state index >= 15 is 0 Å². The zero-order valence-electron chi connectivity index (χ0n) is 7.23. The lowest BCUT2D eigenvalue weighted by Crippen LogP contribution is -2.34. The molecular weight excluding hydrogens is 190 g/mol. The number of rotatable bonds is 2. The summed E-state index contributed by atoms with van der Waals surface area (Å²) in [5.74, 6) is -0.301. The first-order valence-electron chi connectivity index (χ1n) is 3.87. The van der Waals surface area contributed by atoms with Crippen molar-refractivity contribution in [3.05, 3.63) is 23.6 Å². The monoisotopic (exact) mass is 201 g/mol. The van der Waals surface area contributed by atoms with Crippen LogP contribution in [-0.2, 0) is 14.6 Å². The Morgan fingerprint density at radius 1 is 1.62 bits per heavy atom. The van der Waals surface area contributed by atoms with Gasteiger partial charge in [-0.25, -0.2) is 8.42 Å². The van der Waals surface area contributed by atoms with Crippen molar-refractivity contribution < 1.29 is 13.2 Å². The number of hydrogen-bond donors (Lipinski definition) is 1. The molecule has 0 aromatic rings. The highest BCUT2D eigenvalue weighted by Gasteiger charge is 2.21. The lowest BCUT2D eigenvalue weighted by molar-refractivity contribution is -0.116. The van der Waals surface area contributed by atoms with Gasteiger partial charge in [-0.05, 0) is 19.1 Å². The van der Waals surface area contributed by atoms with Gasteiger partial charge in [0, 0.05) is 5.41 Å². The Morgan fingerprint density at radius 2 is 2.31 bits per heavy atom. The molecule has 0 aliphatic carbocycles. The molecule has 1 N–H and O–H groups in total. The molecule has 1 aliphatic heterocycles. The highest BCUT2D eigenvalue weighted by atomic mass is 32.2. The molecule has 4 nitrogen and oxygen atoms in total. The summed E-state index contributed by atoms with van der Waals surface area (Å²) in [6.07, 6.45) is 4.44. The molecule has 1 unspecified atom stereocenters. The Labute approximate surface area is 77.2 Å². The summed E-state index contributed by atoms with van der Waals surface area (Å²) >= 11 is 0. The molecule has 1 rings (SSSR count). The normalized spacial score (nSPS) is 25.2. The Balaban J connectivity index is 2.51. The molecule has 5 heteroatoms. The Morgan fingerprint density at radius 3 is 2.77 bits per heavy atom. The lowest BCUT2D eigenvalue weighted by atomic mass is 10.3. The van der Waals surface area contributed by atoms with Gasteiger partial charge in [-0.3, -0.25) is 4.79 Å². The first-order valence-corrected chi connectivity index (χ1v) is 5.59. The van der Waals surface area contributed by atoms with Crippen molar-refractivity contribution in [1.82, 2.24) is 5.32 Å². The summed E-state index contributed by atoms with van der Waals surface area (Å²) in [6, 6.07) is -0.381. The highest BCUT2D eigenvalue weighted by Crippen LogP contribution is 2.07. The number of amides is 1. The zero-order valence-corrected chi connectivity index (χ0v) is 8.04. The molecule has 0 bridgehead atoms. The average molecular weight is 201 g/mol. The van der Waals surface area contributed by atoms with Crippen molar-refractivity contribution in [2.75, 3.05) is 5.75 Å². The van der Waals surface area contributed by atoms with Crippen LogP contribution in [0.25, 0.3) is 0 Å². The SMILES string of the molecule is CC=CC(=O)NC1C=CS(=O)(=O)C1. The van der Waals surface area contributed by atoms with E-state index in [2.05, 4.69) is 5.32 Å². The van der Waals surface area contributed by atoms with Gasteiger partial charge in [0.1, 0.15) is 0 Å². The van der Waals surface area contributed by atoms with E-state index in [0.717, 1.165) is 5.41 Å². The van der Waals surface area contributed by atoms with Gasteiger partial charge in [-0.15, -0.1) is 0 Å². The highest BCUT2D eigenvalue weighted by molar-refractivity contribution is 7.94. The topological polar surface area (TPSA) is 63.2 Å². The van der Waals surface area contributed by atoms with Crippen LogP contribution in [0.1, 0.15) is 6.92 Å². The van der Waals surface area contributed by atoms with Gasteiger partial charge in [-0.1, -0.05) is 6.08 Å². The maximum absolute atomic E-state index is 11.0. The second-order valence-corrected chi connectivity index (χ2v) is 4.70. The van der Waals surface area contributed by atoms with E-state index in [9.17, 15) is 13.2 Å². The van der Waals surface area contributed by atoms with Crippen molar-refractivity contribution in [1.29, 1.82) is 0 Å². The van der Waals surface area contributed by atoms with E-state index in [1.165, 1.54) is 12.2 Å². The Kier molecular flexibility index (Phi) is 2.87. The molecule has 72 valence electrons. The molecule has 1 atom stereocenters. The van der Waals surface area contributed by atoms with Crippen LogP contribution in [0.15, 0.2) is 23.6 Å². The fourth-order valence-electron chi connectivity index (χ4n) is 1.05. The molecule has 1 aliphatic rings. The molecule has 1 amide bonds. The molecule has 0 fully saturated rings. The number of allylic oxidation sites excluding steroid dienone is 1. The molecular formula is C8H11NO3S. The fraction of sp³-hybridized carbons (Fsp3) is 0.375. The maximum Gasteiger partial charge on any atom is 0.244 e. The van der Waals surface area contributed by atoms with E-state index in [1.807, 2.05) is 0 Å². The van der Waals surface area contributed by atoms with E-state index in [4.69, 9.17) is 0 Å². The third-order valence-corrected chi connectivity index (χ3v) is 2.97. The summed E-state index contributed by atoms with van der Waals surface area (Å²) in [6.45, 7) is 1.72. The molecule has 0 radical (unpaired) electrons. The van der Waals surface area contributed by atoms with Crippen molar-refractivity contribution in [2.45, 2.75) is 13.0 Å². The van der Waals surface area contributed by atoms with Crippen LogP contribution in [0.3, 0.4) is 0 Å². The van der Waals surface area contributed by atoms with E-state index in [1.54, 1.807) is 13.0 Å². The van der Waals surface area contributed by atoms with Crippen LogP contribution < -0.4 is 5.32 Å². The Bertz CT molecular complexity index is 354. The van der Waals surface area contributed by atoms with Gasteiger partial charge < -0.3 is 5.32 Å². The quantitative estimate of drug-likeness (QED) is 0.639. The van der Waals surface area contributed by atoms with Gasteiger partial charge in [0.2, 0.25) is 5.91 Å². The van der Waals surface area contributed by atoms with Crippen LogP contribution in [-0.4, -0.2) is 26.1 Å². The smallest absolute Gasteiger partial charge is 0.244 e. The first-order chi connectivity index (χ1) is 6.03. The number of hydrogen-bond acceptors (Lipinski definition) is 3. The summed E-state index contributed by atoms with van der Waals surface area (Å²) in [5.41, 5.74) is 0. The van der Waals surface area contributed by atoms with Gasteiger partial charge >= 0.3 is 0 Å². The molecule has 13 heavy (non-hydrogen) atoms. The third kappa shape index (κ3) is 3.02. The van der Waals surface area contributed by atoms with Crippen LogP contribution in [0.4, 0.5) is 0 Å². The number of sulfone groups is 1. The molecule has 0 saturated carbocycles. The molecule has 1 heterocycles. The van der Waals surface area contributed by atoms with E-state index < -0.39 is 9.84 Å². The third-order valence-electron chi connectivity index (χ3n) is 1.58. The van der Waals surface area contributed by atoms with Crippen molar-refractivity contribution in [3.63, 3.8) is 0 Å². The van der Waals surface area contributed by atoms with Gasteiger partial charge in [-0.2, -0.15) is 0 Å². The number of carbonyl (C=O) groups is 1. The summed E-state index contributed by atoms with van der Waals surface area (Å²) in [7, 11) is -3.08. The number of nitrogens with one attached hydrogen (secondary N) is 1. The zero-order chi connectivity index (χ0) is 9.90. The van der Waals surface area contributed by atoms with Crippen molar-refractivity contribution in [3.8, 4) is 0 Å². The standard InChI is InChI=1S/C8H11NO3S/c1-2-3-8(10)9-7-4-5-13(11,12)6-7/h2-5,7H,6H2,1H3,(H,9,10). The van der Waals surface area contributed by atoms with Gasteiger partial charge in [0.05, 0.1) is 11.8 Å². The minimum atomic E-state index is -3.08. The van der Waals surface area contributed by atoms with Crippen LogP contribution in [0.5, 0.6) is 0 Å². The molecule has 0 spiro atoms. The fourth-order valence-corrected chi connectivity index (χ4v) is 2.28. The van der Waals surface area contributed by atoms with Crippen LogP contribution >= 0.6 is 0 Å². The summed E-state index contributed by atoms with van der Waals surface area (Å²) in [5, 5.41) is 3.68. The van der Waals surface area contributed by atoms with Gasteiger partial charge in [0.25, 0.3) is 0 Å². The maximum atomic E-state index is 11.0. The van der Waals surface area contributed by atoms with E-state index in [0.29, 0.717) is 0 Å². The summed E-state index contributed by atoms with van der Waals surface area (Å²) in [4.78, 5) is 11.0. The second-order valence-electron chi connectivity index (χ2n) is 2.77. The summed E-state index contributed by atoms with van der Waals surface area (Å²) < 4.78 is 21.8. The van der Waals surface area contributed by atoms with E-state index in [-0.39, 0.29) is 17.7 Å². The van der Waals surface area contributed by atoms with Crippen molar-refractivity contribution >= 4 is 15.7 Å². The molecule has 0 aromatic carbocycles. The van der Waals surface area contributed by atoms with Crippen LogP contribution in [0, 0.1) is 0 Å². The van der Waals surface area contributed by atoms with Crippen LogP contribution in [0.2, 0.25) is 0 Å². The lowest BCUT2D eigenvalue weighted by Gasteiger charge is -2.06. The molecule has 0 aromatic heterocycles. The largest absolute Gasteiger partial charge is 0.345 e. The minimum Gasteiger partial charge on any atom is -0.345 e. The predicted octanol–water partition coefficient (Wildman–Crippen LogP) is -0.0106. The molecule has 0 saturated heterocycles.